The van der Waals surface area contributed by atoms with Gasteiger partial charge in [-0.25, -0.2) is 9.97 Å². The quantitative estimate of drug-likeness (QED) is 0.867. The number of nitrogens with zero attached hydrogens (tertiary/aromatic N) is 3. The number of fused-ring (bicyclic) bond motifs is 1. The van der Waals surface area contributed by atoms with E-state index in [1.54, 1.807) is 11.3 Å². The molecule has 1 aliphatic rings. The maximum atomic E-state index is 11.0. The van der Waals surface area contributed by atoms with Crippen LogP contribution in [0.4, 0.5) is 5.82 Å². The second-order valence-corrected chi connectivity index (χ2v) is 6.25. The van der Waals surface area contributed by atoms with Crippen LogP contribution in [-0.4, -0.2) is 45.3 Å². The zero-order valence-corrected chi connectivity index (χ0v) is 11.8. The van der Waals surface area contributed by atoms with Crippen molar-refractivity contribution < 1.29 is 15.0 Å². The Kier molecular flexibility index (Phi) is 3.31. The first-order chi connectivity index (χ1) is 9.56. The standard InChI is InChI=1S/C13H15N3O3S/c1-7-4-9-11(14-6-15-12(9)20-7)16-3-2-8(13(18)19)10(17)5-16/h4,6,8,10,17H,2-3,5H2,1H3,(H,18,19)/t8-,10+/m0/s1. The first kappa shape index (κ1) is 13.3. The van der Waals surface area contributed by atoms with Crippen molar-refractivity contribution in [1.29, 1.82) is 0 Å². The lowest BCUT2D eigenvalue weighted by Crippen LogP contribution is -2.47. The third kappa shape index (κ3) is 2.23. The van der Waals surface area contributed by atoms with Gasteiger partial charge in [0.25, 0.3) is 0 Å². The second-order valence-electron chi connectivity index (χ2n) is 5.02. The maximum Gasteiger partial charge on any atom is 0.309 e. The number of hydrogen-bond donors (Lipinski definition) is 2. The summed E-state index contributed by atoms with van der Waals surface area (Å²) in [7, 11) is 0. The zero-order chi connectivity index (χ0) is 14.3. The first-order valence-corrected chi connectivity index (χ1v) is 7.25. The van der Waals surface area contributed by atoms with Gasteiger partial charge < -0.3 is 15.1 Å². The molecule has 0 aliphatic carbocycles. The Bertz CT molecular complexity index is 657. The van der Waals surface area contributed by atoms with Crippen molar-refractivity contribution in [1.82, 2.24) is 9.97 Å². The molecule has 6 nitrogen and oxygen atoms in total. The molecule has 7 heteroatoms. The molecule has 0 saturated carbocycles. The van der Waals surface area contributed by atoms with Crippen LogP contribution in [0.15, 0.2) is 12.4 Å². The molecule has 0 bridgehead atoms. The molecule has 2 atom stereocenters. The summed E-state index contributed by atoms with van der Waals surface area (Å²) in [5, 5.41) is 20.0. The molecule has 0 aromatic carbocycles. The lowest BCUT2D eigenvalue weighted by Gasteiger charge is -2.34. The van der Waals surface area contributed by atoms with Crippen LogP contribution in [0.25, 0.3) is 10.2 Å². The van der Waals surface area contributed by atoms with E-state index >= 15 is 0 Å². The molecule has 0 spiro atoms. The van der Waals surface area contributed by atoms with Gasteiger partial charge in [0.1, 0.15) is 17.0 Å². The summed E-state index contributed by atoms with van der Waals surface area (Å²) in [6, 6.07) is 2.03. The summed E-state index contributed by atoms with van der Waals surface area (Å²) < 4.78 is 0. The number of carbonyl (C=O) groups is 1. The minimum atomic E-state index is -0.934. The van der Waals surface area contributed by atoms with Crippen molar-refractivity contribution in [3.63, 3.8) is 0 Å². The first-order valence-electron chi connectivity index (χ1n) is 6.43. The highest BCUT2D eigenvalue weighted by molar-refractivity contribution is 7.18. The van der Waals surface area contributed by atoms with Crippen molar-refractivity contribution in [2.45, 2.75) is 19.4 Å². The number of thiophene rings is 1. The average Bonchev–Trinajstić information content (AvgIpc) is 2.77. The molecule has 2 aromatic heterocycles. The van der Waals surface area contributed by atoms with E-state index in [0.717, 1.165) is 20.9 Å². The third-order valence-electron chi connectivity index (χ3n) is 3.63. The molecule has 1 fully saturated rings. The molecule has 3 rings (SSSR count). The molecule has 0 amide bonds. The highest BCUT2D eigenvalue weighted by Gasteiger charge is 2.33. The number of anilines is 1. The fourth-order valence-electron chi connectivity index (χ4n) is 2.63. The molecule has 1 saturated heterocycles. The number of carboxylic acids is 1. The Morgan fingerprint density at radius 1 is 1.50 bits per heavy atom. The predicted octanol–water partition coefficient (Wildman–Crippen LogP) is 1.27. The van der Waals surface area contributed by atoms with Crippen LogP contribution in [0.2, 0.25) is 0 Å². The molecule has 0 unspecified atom stereocenters. The normalized spacial score (nSPS) is 23.2. The van der Waals surface area contributed by atoms with Crippen molar-refractivity contribution in [3.05, 3.63) is 17.3 Å². The third-order valence-corrected chi connectivity index (χ3v) is 4.59. The van der Waals surface area contributed by atoms with Crippen molar-refractivity contribution in [3.8, 4) is 0 Å². The van der Waals surface area contributed by atoms with E-state index in [1.807, 2.05) is 17.9 Å². The minimum Gasteiger partial charge on any atom is -0.481 e. The second kappa shape index (κ2) is 4.99. The highest BCUT2D eigenvalue weighted by Crippen LogP contribution is 2.32. The van der Waals surface area contributed by atoms with E-state index in [1.165, 1.54) is 6.33 Å². The van der Waals surface area contributed by atoms with Crippen LogP contribution in [0.5, 0.6) is 0 Å². The summed E-state index contributed by atoms with van der Waals surface area (Å²) >= 11 is 1.60. The lowest BCUT2D eigenvalue weighted by atomic mass is 9.94. The van der Waals surface area contributed by atoms with Crippen LogP contribution in [-0.2, 0) is 4.79 Å². The van der Waals surface area contributed by atoms with Crippen molar-refractivity contribution in [2.24, 2.45) is 5.92 Å². The number of aryl methyl sites for hydroxylation is 1. The average molecular weight is 293 g/mol. The number of aromatic nitrogens is 2. The van der Waals surface area contributed by atoms with E-state index in [0.29, 0.717) is 13.0 Å². The van der Waals surface area contributed by atoms with Crippen molar-refractivity contribution in [2.75, 3.05) is 18.0 Å². The number of hydrogen-bond acceptors (Lipinski definition) is 6. The van der Waals surface area contributed by atoms with Gasteiger partial charge in [0.05, 0.1) is 17.4 Å². The largest absolute Gasteiger partial charge is 0.481 e. The van der Waals surface area contributed by atoms with Gasteiger partial charge in [0.2, 0.25) is 0 Å². The molecular weight excluding hydrogens is 278 g/mol. The lowest BCUT2D eigenvalue weighted by molar-refractivity contribution is -0.146. The highest BCUT2D eigenvalue weighted by atomic mass is 32.1. The van der Waals surface area contributed by atoms with Gasteiger partial charge in [-0.05, 0) is 19.4 Å². The number of carboxylic acid groups (broad SMARTS) is 1. The van der Waals surface area contributed by atoms with E-state index < -0.39 is 18.0 Å². The smallest absolute Gasteiger partial charge is 0.309 e. The van der Waals surface area contributed by atoms with Crippen LogP contribution in [0.1, 0.15) is 11.3 Å². The van der Waals surface area contributed by atoms with Gasteiger partial charge in [-0.1, -0.05) is 0 Å². The number of rotatable bonds is 2. The number of aliphatic hydroxyl groups excluding tert-OH is 1. The molecule has 20 heavy (non-hydrogen) atoms. The molecule has 3 heterocycles. The van der Waals surface area contributed by atoms with Gasteiger partial charge >= 0.3 is 5.97 Å². The molecule has 0 radical (unpaired) electrons. The van der Waals surface area contributed by atoms with Crippen LogP contribution in [0, 0.1) is 12.8 Å². The molecule has 2 aromatic rings. The molecular formula is C13H15N3O3S. The van der Waals surface area contributed by atoms with E-state index in [2.05, 4.69) is 9.97 Å². The molecule has 106 valence electrons. The fourth-order valence-corrected chi connectivity index (χ4v) is 3.47. The number of aliphatic carboxylic acids is 1. The van der Waals surface area contributed by atoms with Crippen molar-refractivity contribution >= 4 is 33.3 Å². The van der Waals surface area contributed by atoms with E-state index in [-0.39, 0.29) is 6.54 Å². The van der Waals surface area contributed by atoms with Gasteiger partial charge in [-0.15, -0.1) is 11.3 Å². The van der Waals surface area contributed by atoms with Gasteiger partial charge in [0.15, 0.2) is 0 Å². The fraction of sp³-hybridized carbons (Fsp3) is 0.462. The van der Waals surface area contributed by atoms with Gasteiger partial charge in [-0.2, -0.15) is 0 Å². The molecule has 1 aliphatic heterocycles. The van der Waals surface area contributed by atoms with E-state index in [9.17, 15) is 9.90 Å². The maximum absolute atomic E-state index is 11.0. The zero-order valence-electron chi connectivity index (χ0n) is 11.0. The Morgan fingerprint density at radius 3 is 3.00 bits per heavy atom. The molecule has 2 N–H and O–H groups in total. The number of aliphatic hydroxyl groups is 1. The monoisotopic (exact) mass is 293 g/mol. The van der Waals surface area contributed by atoms with Crippen LogP contribution >= 0.6 is 11.3 Å². The van der Waals surface area contributed by atoms with Crippen LogP contribution in [0.3, 0.4) is 0 Å². The number of piperidine rings is 1. The topological polar surface area (TPSA) is 86.6 Å². The Labute approximate surface area is 119 Å². The van der Waals surface area contributed by atoms with Gasteiger partial charge in [0, 0.05) is 18.0 Å². The summed E-state index contributed by atoms with van der Waals surface area (Å²) in [5.41, 5.74) is 0. The van der Waals surface area contributed by atoms with Crippen LogP contribution < -0.4 is 4.90 Å². The SMILES string of the molecule is Cc1cc2c(N3CC[C@H](C(=O)O)[C@H](O)C3)ncnc2s1. The van der Waals surface area contributed by atoms with E-state index in [4.69, 9.17) is 5.11 Å². The predicted molar refractivity (Wildman–Crippen MR) is 76.1 cm³/mol. The Hall–Kier alpha value is -1.73. The Morgan fingerprint density at radius 2 is 2.30 bits per heavy atom. The summed E-state index contributed by atoms with van der Waals surface area (Å²) in [6.45, 7) is 2.88. The number of β-amino-alcohol motifs (C(OH)–C–C–N with tert-alkyl or cyclic N) is 1. The summed E-state index contributed by atoms with van der Waals surface area (Å²) in [4.78, 5) is 23.6. The summed E-state index contributed by atoms with van der Waals surface area (Å²) in [5.74, 6) is -0.841. The van der Waals surface area contributed by atoms with Gasteiger partial charge in [-0.3, -0.25) is 4.79 Å². The summed E-state index contributed by atoms with van der Waals surface area (Å²) in [6.07, 6.45) is 1.07. The minimum absolute atomic E-state index is 0.290. The Balaban J connectivity index is 1.91.